The van der Waals surface area contributed by atoms with Crippen molar-refractivity contribution in [3.63, 3.8) is 0 Å². The highest BCUT2D eigenvalue weighted by Crippen LogP contribution is 2.40. The predicted octanol–water partition coefficient (Wildman–Crippen LogP) is 3.52. The van der Waals surface area contributed by atoms with E-state index in [1.54, 1.807) is 12.4 Å². The Morgan fingerprint density at radius 3 is 2.69 bits per heavy atom. The Balaban J connectivity index is 1.20. The highest BCUT2D eigenvalue weighted by molar-refractivity contribution is 5.92. The van der Waals surface area contributed by atoms with Gasteiger partial charge in [0.1, 0.15) is 5.75 Å². The summed E-state index contributed by atoms with van der Waals surface area (Å²) in [6.07, 6.45) is 9.59. The van der Waals surface area contributed by atoms with Crippen molar-refractivity contribution in [2.45, 2.75) is 57.0 Å². The molecule has 3 heterocycles. The molecule has 1 saturated heterocycles. The molecule has 2 aliphatic heterocycles. The van der Waals surface area contributed by atoms with Crippen LogP contribution in [0.25, 0.3) is 0 Å². The van der Waals surface area contributed by atoms with Crippen LogP contribution in [0.4, 0.5) is 5.69 Å². The smallest absolute Gasteiger partial charge is 0.228 e. The fraction of sp³-hybridized carbons (Fsp3) is 0.478. The van der Waals surface area contributed by atoms with Gasteiger partial charge in [-0.3, -0.25) is 14.7 Å². The second kappa shape index (κ2) is 7.76. The minimum atomic E-state index is -0.487. The number of pyridine rings is 1. The number of rotatable bonds is 4. The highest BCUT2D eigenvalue weighted by Gasteiger charge is 2.42. The van der Waals surface area contributed by atoms with Crippen molar-refractivity contribution in [1.29, 1.82) is 0 Å². The second-order valence-corrected chi connectivity index (χ2v) is 8.33. The van der Waals surface area contributed by atoms with Gasteiger partial charge in [-0.2, -0.15) is 0 Å². The van der Waals surface area contributed by atoms with E-state index in [0.717, 1.165) is 54.5 Å². The summed E-state index contributed by atoms with van der Waals surface area (Å²) in [5.74, 6) is 0.341. The topological polar surface area (TPSA) is 63.7 Å². The number of nitrogens with one attached hydrogen (secondary N) is 1. The van der Waals surface area contributed by atoms with Crippen LogP contribution in [0, 0.1) is 0 Å². The second-order valence-electron chi connectivity index (χ2n) is 8.33. The Labute approximate surface area is 171 Å². The summed E-state index contributed by atoms with van der Waals surface area (Å²) in [6.45, 7) is 2.61. The zero-order chi connectivity index (χ0) is 19.7. The Bertz CT molecular complexity index is 874. The van der Waals surface area contributed by atoms with E-state index in [1.807, 2.05) is 30.3 Å². The van der Waals surface area contributed by atoms with Crippen LogP contribution < -0.4 is 10.1 Å². The minimum absolute atomic E-state index is 0.0476. The molecule has 0 atom stereocenters. The molecule has 1 saturated carbocycles. The van der Waals surface area contributed by atoms with Crippen LogP contribution in [-0.2, 0) is 22.6 Å². The maximum absolute atomic E-state index is 12.3. The average Bonchev–Trinajstić information content (AvgIpc) is 2.69. The number of piperidine rings is 1. The minimum Gasteiger partial charge on any atom is -0.462 e. The van der Waals surface area contributed by atoms with Crippen molar-refractivity contribution in [2.24, 2.45) is 0 Å². The van der Waals surface area contributed by atoms with Gasteiger partial charge in [-0.1, -0.05) is 6.42 Å². The average molecular weight is 393 g/mol. The number of hydrogen-bond donors (Lipinski definition) is 1. The third-order valence-corrected chi connectivity index (χ3v) is 6.40. The van der Waals surface area contributed by atoms with Crippen molar-refractivity contribution >= 4 is 11.6 Å². The van der Waals surface area contributed by atoms with Crippen LogP contribution in [0.5, 0.6) is 5.75 Å². The van der Waals surface area contributed by atoms with Crippen LogP contribution in [0.1, 0.15) is 43.2 Å². The summed E-state index contributed by atoms with van der Waals surface area (Å²) in [5.41, 5.74) is 2.70. The van der Waals surface area contributed by atoms with Crippen molar-refractivity contribution in [2.75, 3.05) is 18.4 Å². The van der Waals surface area contributed by atoms with Gasteiger partial charge in [0.25, 0.3) is 0 Å². The molecule has 29 heavy (non-hydrogen) atoms. The summed E-state index contributed by atoms with van der Waals surface area (Å²) >= 11 is 0. The first-order chi connectivity index (χ1) is 14.2. The molecular formula is C23H27N3O3. The van der Waals surface area contributed by atoms with Gasteiger partial charge in [0.2, 0.25) is 11.7 Å². The molecule has 152 valence electrons. The van der Waals surface area contributed by atoms with Crippen LogP contribution in [-0.4, -0.2) is 40.7 Å². The first kappa shape index (κ1) is 18.6. The van der Waals surface area contributed by atoms with Crippen LogP contribution in [0.15, 0.2) is 42.7 Å². The molecule has 1 amide bonds. The summed E-state index contributed by atoms with van der Waals surface area (Å²) in [4.78, 5) is 18.9. The Morgan fingerprint density at radius 2 is 1.97 bits per heavy atom. The number of ether oxygens (including phenoxy) is 2. The molecule has 2 fully saturated rings. The zero-order valence-electron chi connectivity index (χ0n) is 16.6. The molecule has 5 rings (SSSR count). The standard InChI is InChI=1S/C23H27N3O3/c27-22(14-17-6-10-24-11-7-17)25-19-4-5-21-18(15-19)16-28-23(29-21)8-12-26(13-9-23)20-2-1-3-20/h4-7,10-11,15,20H,1-3,8-9,12-14,16H2,(H,25,27). The van der Waals surface area contributed by atoms with Gasteiger partial charge in [-0.25, -0.2) is 0 Å². The molecular weight excluding hydrogens is 366 g/mol. The van der Waals surface area contributed by atoms with Gasteiger partial charge in [0, 0.05) is 55.6 Å². The number of nitrogens with zero attached hydrogens (tertiary/aromatic N) is 2. The molecule has 2 aromatic rings. The van der Waals surface area contributed by atoms with Gasteiger partial charge in [0.15, 0.2) is 0 Å². The summed E-state index contributed by atoms with van der Waals surface area (Å²) in [6, 6.07) is 10.3. The largest absolute Gasteiger partial charge is 0.462 e. The normalized spacial score (nSPS) is 21.1. The van der Waals surface area contributed by atoms with E-state index in [4.69, 9.17) is 9.47 Å². The van der Waals surface area contributed by atoms with E-state index >= 15 is 0 Å². The van der Waals surface area contributed by atoms with E-state index in [9.17, 15) is 4.79 Å². The number of aromatic nitrogens is 1. The van der Waals surface area contributed by atoms with Gasteiger partial charge >= 0.3 is 0 Å². The molecule has 0 unspecified atom stereocenters. The lowest BCUT2D eigenvalue weighted by Crippen LogP contribution is -2.54. The number of anilines is 1. The number of benzene rings is 1. The fourth-order valence-electron chi connectivity index (χ4n) is 4.43. The van der Waals surface area contributed by atoms with Crippen LogP contribution in [0.3, 0.4) is 0 Å². The highest BCUT2D eigenvalue weighted by atomic mass is 16.7. The van der Waals surface area contributed by atoms with Crippen molar-refractivity contribution < 1.29 is 14.3 Å². The lowest BCUT2D eigenvalue weighted by molar-refractivity contribution is -0.231. The van der Waals surface area contributed by atoms with Crippen LogP contribution >= 0.6 is 0 Å². The maximum Gasteiger partial charge on any atom is 0.228 e. The molecule has 1 aliphatic carbocycles. The zero-order valence-corrected chi connectivity index (χ0v) is 16.6. The number of carbonyl (C=O) groups is 1. The number of carbonyl (C=O) groups excluding carboxylic acids is 1. The monoisotopic (exact) mass is 393 g/mol. The molecule has 1 aromatic heterocycles. The third-order valence-electron chi connectivity index (χ3n) is 6.40. The van der Waals surface area contributed by atoms with Crippen LogP contribution in [0.2, 0.25) is 0 Å². The maximum atomic E-state index is 12.3. The van der Waals surface area contributed by atoms with E-state index in [1.165, 1.54) is 19.3 Å². The molecule has 6 heteroatoms. The Morgan fingerprint density at radius 1 is 1.17 bits per heavy atom. The van der Waals surface area contributed by atoms with Gasteiger partial charge in [-0.05, 0) is 48.7 Å². The SMILES string of the molecule is O=C(Cc1ccncc1)Nc1ccc2c(c1)COC1(CCN(C3CCC3)CC1)O2. The fourth-order valence-corrected chi connectivity index (χ4v) is 4.43. The lowest BCUT2D eigenvalue weighted by atomic mass is 9.89. The summed E-state index contributed by atoms with van der Waals surface area (Å²) in [5, 5.41) is 2.97. The van der Waals surface area contributed by atoms with Gasteiger partial charge in [0.05, 0.1) is 13.0 Å². The number of amides is 1. The number of fused-ring (bicyclic) bond motifs is 1. The predicted molar refractivity (Wildman–Crippen MR) is 110 cm³/mol. The van der Waals surface area contributed by atoms with Crippen molar-refractivity contribution in [1.82, 2.24) is 9.88 Å². The van der Waals surface area contributed by atoms with E-state index < -0.39 is 5.79 Å². The van der Waals surface area contributed by atoms with Crippen molar-refractivity contribution in [3.8, 4) is 5.75 Å². The quantitative estimate of drug-likeness (QED) is 0.861. The Hall–Kier alpha value is -2.44. The van der Waals surface area contributed by atoms with E-state index in [0.29, 0.717) is 13.0 Å². The van der Waals surface area contributed by atoms with Gasteiger partial charge < -0.3 is 14.8 Å². The number of likely N-dealkylation sites (tertiary alicyclic amines) is 1. The summed E-state index contributed by atoms with van der Waals surface area (Å²) in [7, 11) is 0. The third kappa shape index (κ3) is 4.00. The van der Waals surface area contributed by atoms with Crippen molar-refractivity contribution in [3.05, 3.63) is 53.9 Å². The molecule has 6 nitrogen and oxygen atoms in total. The molecule has 0 radical (unpaired) electrons. The first-order valence-corrected chi connectivity index (χ1v) is 10.6. The van der Waals surface area contributed by atoms with Gasteiger partial charge in [-0.15, -0.1) is 0 Å². The summed E-state index contributed by atoms with van der Waals surface area (Å²) < 4.78 is 12.5. The van der Waals surface area contributed by atoms with E-state index in [2.05, 4.69) is 15.2 Å². The molecule has 1 aromatic carbocycles. The molecule has 3 aliphatic rings. The first-order valence-electron chi connectivity index (χ1n) is 10.6. The molecule has 1 spiro atoms. The lowest BCUT2D eigenvalue weighted by Gasteiger charge is -2.47. The Kier molecular flexibility index (Phi) is 4.97. The number of hydrogen-bond acceptors (Lipinski definition) is 5. The van der Waals surface area contributed by atoms with E-state index in [-0.39, 0.29) is 5.91 Å². The molecule has 0 bridgehead atoms. The molecule has 1 N–H and O–H groups in total.